The highest BCUT2D eigenvalue weighted by Crippen LogP contribution is 2.22. The molecule has 0 saturated carbocycles. The van der Waals surface area contributed by atoms with E-state index in [0.717, 1.165) is 0 Å². The van der Waals surface area contributed by atoms with Crippen LogP contribution in [0.2, 0.25) is 0 Å². The van der Waals surface area contributed by atoms with Crippen molar-refractivity contribution >= 4 is 11.9 Å². The molecule has 0 aliphatic carbocycles. The molecule has 0 bridgehead atoms. The van der Waals surface area contributed by atoms with Gasteiger partial charge in [0.1, 0.15) is 11.8 Å². The summed E-state index contributed by atoms with van der Waals surface area (Å²) in [6, 6.07) is 6.21. The number of nitrogens with one attached hydrogen (secondary N) is 1. The highest BCUT2D eigenvalue weighted by atomic mass is 16.5. The molecular formula is C19H29NO5. The van der Waals surface area contributed by atoms with Crippen LogP contribution < -0.4 is 10.1 Å². The van der Waals surface area contributed by atoms with Crippen molar-refractivity contribution in [3.05, 3.63) is 29.8 Å². The van der Waals surface area contributed by atoms with Crippen molar-refractivity contribution in [3.63, 3.8) is 0 Å². The standard InChI is InChI=1S/C19H29NO5/c1-12(2)8-17(19(23)24)20-10-16(18(21)22)14-6-5-7-15(9-14)25-11-13(3)4/h5-7,9,12-13,16-17,20H,8,10-11H2,1-4H3,(H,21,22)(H,23,24). The van der Waals surface area contributed by atoms with Gasteiger partial charge in [0.25, 0.3) is 0 Å². The second-order valence-electron chi connectivity index (χ2n) is 7.10. The van der Waals surface area contributed by atoms with Crippen molar-refractivity contribution in [2.45, 2.75) is 46.1 Å². The molecule has 0 amide bonds. The van der Waals surface area contributed by atoms with Crippen LogP contribution in [0.5, 0.6) is 5.75 Å². The van der Waals surface area contributed by atoms with E-state index in [4.69, 9.17) is 4.74 Å². The third-order valence-electron chi connectivity index (χ3n) is 3.72. The molecule has 0 aliphatic rings. The fraction of sp³-hybridized carbons (Fsp3) is 0.579. The van der Waals surface area contributed by atoms with Gasteiger partial charge in [-0.25, -0.2) is 0 Å². The molecule has 0 radical (unpaired) electrons. The van der Waals surface area contributed by atoms with Gasteiger partial charge in [-0.05, 0) is 36.0 Å². The minimum Gasteiger partial charge on any atom is -0.493 e. The Kier molecular flexibility index (Phi) is 8.41. The highest BCUT2D eigenvalue weighted by Gasteiger charge is 2.25. The number of rotatable bonds is 11. The third-order valence-corrected chi connectivity index (χ3v) is 3.72. The van der Waals surface area contributed by atoms with Crippen LogP contribution in [0.3, 0.4) is 0 Å². The van der Waals surface area contributed by atoms with Gasteiger partial charge < -0.3 is 20.3 Å². The van der Waals surface area contributed by atoms with Gasteiger partial charge in [-0.15, -0.1) is 0 Å². The number of benzene rings is 1. The molecule has 0 spiro atoms. The summed E-state index contributed by atoms with van der Waals surface area (Å²) in [6.07, 6.45) is 0.444. The Labute approximate surface area is 149 Å². The molecule has 1 aromatic rings. The van der Waals surface area contributed by atoms with E-state index in [1.165, 1.54) is 0 Å². The van der Waals surface area contributed by atoms with Crippen molar-refractivity contribution in [1.29, 1.82) is 0 Å². The molecule has 3 N–H and O–H groups in total. The first kappa shape index (κ1) is 21.0. The number of carboxylic acid groups (broad SMARTS) is 2. The monoisotopic (exact) mass is 351 g/mol. The predicted octanol–water partition coefficient (Wildman–Crippen LogP) is 2.98. The van der Waals surface area contributed by atoms with Crippen LogP contribution in [0.25, 0.3) is 0 Å². The summed E-state index contributed by atoms with van der Waals surface area (Å²) in [5.41, 5.74) is 0.593. The lowest BCUT2D eigenvalue weighted by molar-refractivity contribution is -0.142. The van der Waals surface area contributed by atoms with E-state index in [1.807, 2.05) is 27.7 Å². The molecule has 2 atom stereocenters. The molecule has 0 aromatic heterocycles. The minimum atomic E-state index is -0.998. The van der Waals surface area contributed by atoms with Crippen LogP contribution in [0.4, 0.5) is 0 Å². The van der Waals surface area contributed by atoms with Crippen LogP contribution >= 0.6 is 0 Å². The summed E-state index contributed by atoms with van der Waals surface area (Å²) in [4.78, 5) is 23.0. The van der Waals surface area contributed by atoms with E-state index in [-0.39, 0.29) is 12.5 Å². The van der Waals surface area contributed by atoms with Gasteiger partial charge in [-0.1, -0.05) is 39.8 Å². The molecule has 6 heteroatoms. The molecule has 1 aromatic carbocycles. The van der Waals surface area contributed by atoms with E-state index in [2.05, 4.69) is 5.32 Å². The second kappa shape index (κ2) is 10.0. The minimum absolute atomic E-state index is 0.0483. The van der Waals surface area contributed by atoms with Gasteiger partial charge >= 0.3 is 11.9 Å². The first-order valence-corrected chi connectivity index (χ1v) is 8.62. The van der Waals surface area contributed by atoms with E-state index in [1.54, 1.807) is 24.3 Å². The first-order valence-electron chi connectivity index (χ1n) is 8.62. The van der Waals surface area contributed by atoms with Gasteiger partial charge in [0.05, 0.1) is 12.5 Å². The highest BCUT2D eigenvalue weighted by molar-refractivity contribution is 5.77. The zero-order valence-corrected chi connectivity index (χ0v) is 15.4. The van der Waals surface area contributed by atoms with E-state index in [9.17, 15) is 19.8 Å². The van der Waals surface area contributed by atoms with Crippen molar-refractivity contribution in [3.8, 4) is 5.75 Å². The fourth-order valence-corrected chi connectivity index (χ4v) is 2.43. The van der Waals surface area contributed by atoms with Crippen LogP contribution in [0, 0.1) is 11.8 Å². The van der Waals surface area contributed by atoms with Crippen molar-refractivity contribution in [2.75, 3.05) is 13.2 Å². The Morgan fingerprint density at radius 2 is 1.76 bits per heavy atom. The van der Waals surface area contributed by atoms with Crippen LogP contribution in [-0.2, 0) is 9.59 Å². The van der Waals surface area contributed by atoms with E-state index in [0.29, 0.717) is 30.3 Å². The molecule has 25 heavy (non-hydrogen) atoms. The number of carboxylic acids is 2. The van der Waals surface area contributed by atoms with Gasteiger partial charge in [-0.3, -0.25) is 9.59 Å². The zero-order chi connectivity index (χ0) is 19.0. The number of hydrogen-bond donors (Lipinski definition) is 3. The lowest BCUT2D eigenvalue weighted by atomic mass is 9.97. The molecule has 140 valence electrons. The zero-order valence-electron chi connectivity index (χ0n) is 15.4. The largest absolute Gasteiger partial charge is 0.493 e. The Morgan fingerprint density at radius 1 is 1.08 bits per heavy atom. The Morgan fingerprint density at radius 3 is 2.28 bits per heavy atom. The SMILES string of the molecule is CC(C)COc1cccc(C(CNC(CC(C)C)C(=O)O)C(=O)O)c1. The van der Waals surface area contributed by atoms with Crippen molar-refractivity contribution in [2.24, 2.45) is 11.8 Å². The number of ether oxygens (including phenoxy) is 1. The molecule has 0 heterocycles. The lowest BCUT2D eigenvalue weighted by Gasteiger charge is -2.20. The van der Waals surface area contributed by atoms with Gasteiger partial charge in [0, 0.05) is 6.54 Å². The van der Waals surface area contributed by atoms with E-state index < -0.39 is 23.9 Å². The maximum absolute atomic E-state index is 11.7. The average Bonchev–Trinajstić information content (AvgIpc) is 2.51. The maximum Gasteiger partial charge on any atom is 0.320 e. The van der Waals surface area contributed by atoms with Crippen molar-refractivity contribution in [1.82, 2.24) is 5.32 Å². The van der Waals surface area contributed by atoms with Crippen LogP contribution in [0.15, 0.2) is 24.3 Å². The molecule has 2 unspecified atom stereocenters. The molecule has 0 saturated heterocycles. The summed E-state index contributed by atoms with van der Waals surface area (Å²) in [5, 5.41) is 21.7. The predicted molar refractivity (Wildman–Crippen MR) is 96.0 cm³/mol. The summed E-state index contributed by atoms with van der Waals surface area (Å²) in [5.74, 6) is -1.61. The topological polar surface area (TPSA) is 95.9 Å². The number of hydrogen-bond acceptors (Lipinski definition) is 4. The summed E-state index contributed by atoms with van der Waals surface area (Å²) in [7, 11) is 0. The average molecular weight is 351 g/mol. The Balaban J connectivity index is 2.84. The second-order valence-corrected chi connectivity index (χ2v) is 7.10. The third kappa shape index (κ3) is 7.56. The van der Waals surface area contributed by atoms with E-state index >= 15 is 0 Å². The molecule has 0 fully saturated rings. The first-order chi connectivity index (χ1) is 11.7. The van der Waals surface area contributed by atoms with Gasteiger partial charge in [0.2, 0.25) is 0 Å². The van der Waals surface area contributed by atoms with Crippen LogP contribution in [-0.4, -0.2) is 41.3 Å². The molecular weight excluding hydrogens is 322 g/mol. The maximum atomic E-state index is 11.7. The molecule has 0 aliphatic heterocycles. The van der Waals surface area contributed by atoms with Gasteiger partial charge in [0.15, 0.2) is 0 Å². The summed E-state index contributed by atoms with van der Waals surface area (Å²) in [6.45, 7) is 8.54. The quantitative estimate of drug-likeness (QED) is 0.567. The summed E-state index contributed by atoms with van der Waals surface area (Å²) >= 11 is 0. The number of carbonyl (C=O) groups is 2. The lowest BCUT2D eigenvalue weighted by Crippen LogP contribution is -2.41. The van der Waals surface area contributed by atoms with Crippen LogP contribution in [0.1, 0.15) is 45.6 Å². The Bertz CT molecular complexity index is 571. The fourth-order valence-electron chi connectivity index (χ4n) is 2.43. The van der Waals surface area contributed by atoms with Gasteiger partial charge in [-0.2, -0.15) is 0 Å². The molecule has 1 rings (SSSR count). The smallest absolute Gasteiger partial charge is 0.320 e. The summed E-state index contributed by atoms with van der Waals surface area (Å²) < 4.78 is 5.65. The molecule has 6 nitrogen and oxygen atoms in total. The Hall–Kier alpha value is -2.08. The van der Waals surface area contributed by atoms with Crippen molar-refractivity contribution < 1.29 is 24.5 Å². The number of aliphatic carboxylic acids is 2. The normalized spacial score (nSPS) is 13.7.